The summed E-state index contributed by atoms with van der Waals surface area (Å²) in [6, 6.07) is 7.97. The highest BCUT2D eigenvalue weighted by atomic mass is 16.5. The van der Waals surface area contributed by atoms with Crippen molar-refractivity contribution in [1.82, 2.24) is 9.55 Å². The van der Waals surface area contributed by atoms with E-state index in [9.17, 15) is 4.79 Å². The lowest BCUT2D eigenvalue weighted by Crippen LogP contribution is -2.27. The molecular weight excluding hydrogens is 240 g/mol. The van der Waals surface area contributed by atoms with E-state index >= 15 is 0 Å². The van der Waals surface area contributed by atoms with E-state index in [4.69, 9.17) is 4.74 Å². The number of para-hydroxylation sites is 2. The molecule has 2 heterocycles. The van der Waals surface area contributed by atoms with Crippen LogP contribution < -0.4 is 0 Å². The number of nitrogens with zero attached hydrogens (tertiary/aromatic N) is 2. The molecule has 2 aromatic rings. The Morgan fingerprint density at radius 2 is 2.32 bits per heavy atom. The lowest BCUT2D eigenvalue weighted by molar-refractivity contribution is -0.126. The van der Waals surface area contributed by atoms with E-state index < -0.39 is 0 Å². The monoisotopic (exact) mass is 258 g/mol. The summed E-state index contributed by atoms with van der Waals surface area (Å²) in [6.45, 7) is 1.36. The molecule has 4 heteroatoms. The van der Waals surface area contributed by atoms with Gasteiger partial charge in [0, 0.05) is 19.6 Å². The van der Waals surface area contributed by atoms with Crippen LogP contribution in [0.5, 0.6) is 0 Å². The summed E-state index contributed by atoms with van der Waals surface area (Å²) in [5, 5.41) is 0. The van der Waals surface area contributed by atoms with Crippen molar-refractivity contribution in [1.29, 1.82) is 0 Å². The van der Waals surface area contributed by atoms with E-state index in [1.54, 1.807) is 0 Å². The number of benzene rings is 1. The number of aromatic nitrogens is 2. The Morgan fingerprint density at radius 3 is 3.05 bits per heavy atom. The van der Waals surface area contributed by atoms with Crippen molar-refractivity contribution >= 4 is 16.8 Å². The Bertz CT molecular complexity index is 597. The van der Waals surface area contributed by atoms with Crippen molar-refractivity contribution in [2.75, 3.05) is 13.2 Å². The molecule has 1 unspecified atom stereocenters. The molecule has 1 fully saturated rings. The Kier molecular flexibility index (Phi) is 3.34. The summed E-state index contributed by atoms with van der Waals surface area (Å²) in [5.41, 5.74) is 2.03. The molecular formula is C15H18N2O2. The van der Waals surface area contributed by atoms with Crippen LogP contribution in [0.3, 0.4) is 0 Å². The average molecular weight is 258 g/mol. The topological polar surface area (TPSA) is 44.1 Å². The normalized spacial score (nSPS) is 19.7. The maximum absolute atomic E-state index is 12.3. The molecule has 1 aliphatic heterocycles. The third-order valence-corrected chi connectivity index (χ3v) is 3.83. The molecule has 0 N–H and O–H groups in total. The van der Waals surface area contributed by atoms with Crippen LogP contribution in [0.25, 0.3) is 11.0 Å². The van der Waals surface area contributed by atoms with Crippen LogP contribution in [-0.4, -0.2) is 28.5 Å². The summed E-state index contributed by atoms with van der Waals surface area (Å²) >= 11 is 0. The fourth-order valence-electron chi connectivity index (χ4n) is 2.65. The smallest absolute Gasteiger partial charge is 0.145 e. The molecule has 0 radical (unpaired) electrons. The van der Waals surface area contributed by atoms with Gasteiger partial charge >= 0.3 is 0 Å². The Balaban J connectivity index is 1.81. The first-order valence-corrected chi connectivity index (χ1v) is 6.76. The number of rotatable bonds is 3. The van der Waals surface area contributed by atoms with E-state index in [1.165, 1.54) is 0 Å². The summed E-state index contributed by atoms with van der Waals surface area (Å²) in [5.74, 6) is 1.14. The SMILES string of the molecule is Cn1c(CC(=O)C2CCCOC2)nc2ccccc21. The van der Waals surface area contributed by atoms with E-state index in [0.717, 1.165) is 36.3 Å². The fourth-order valence-corrected chi connectivity index (χ4v) is 2.65. The molecule has 19 heavy (non-hydrogen) atoms. The van der Waals surface area contributed by atoms with Gasteiger partial charge in [0.2, 0.25) is 0 Å². The highest BCUT2D eigenvalue weighted by Crippen LogP contribution is 2.19. The zero-order valence-electron chi connectivity index (χ0n) is 11.1. The molecule has 0 saturated carbocycles. The third-order valence-electron chi connectivity index (χ3n) is 3.83. The van der Waals surface area contributed by atoms with Crippen molar-refractivity contribution in [3.05, 3.63) is 30.1 Å². The van der Waals surface area contributed by atoms with Gasteiger partial charge in [-0.1, -0.05) is 12.1 Å². The largest absolute Gasteiger partial charge is 0.381 e. The molecule has 100 valence electrons. The maximum atomic E-state index is 12.3. The van der Waals surface area contributed by atoms with Crippen LogP contribution in [-0.2, 0) is 23.0 Å². The van der Waals surface area contributed by atoms with Crippen molar-refractivity contribution in [3.8, 4) is 0 Å². The average Bonchev–Trinajstić information content (AvgIpc) is 2.77. The van der Waals surface area contributed by atoms with Crippen molar-refractivity contribution in [2.24, 2.45) is 13.0 Å². The number of hydrogen-bond donors (Lipinski definition) is 0. The Morgan fingerprint density at radius 1 is 1.47 bits per heavy atom. The fraction of sp³-hybridized carbons (Fsp3) is 0.467. The lowest BCUT2D eigenvalue weighted by atomic mass is 9.95. The van der Waals surface area contributed by atoms with Gasteiger partial charge in [-0.2, -0.15) is 0 Å². The first kappa shape index (κ1) is 12.4. The van der Waals surface area contributed by atoms with Crippen molar-refractivity contribution < 1.29 is 9.53 Å². The molecule has 3 rings (SSSR count). The van der Waals surface area contributed by atoms with Crippen LogP contribution in [0.2, 0.25) is 0 Å². The molecule has 1 aliphatic rings. The number of aryl methyl sites for hydroxylation is 1. The zero-order valence-corrected chi connectivity index (χ0v) is 11.1. The molecule has 1 aromatic carbocycles. The van der Waals surface area contributed by atoms with Crippen molar-refractivity contribution in [2.45, 2.75) is 19.3 Å². The molecule has 0 aliphatic carbocycles. The van der Waals surface area contributed by atoms with Crippen LogP contribution >= 0.6 is 0 Å². The molecule has 0 amide bonds. The number of carbonyl (C=O) groups is 1. The van der Waals surface area contributed by atoms with Gasteiger partial charge in [-0.3, -0.25) is 4.79 Å². The van der Waals surface area contributed by atoms with Crippen molar-refractivity contribution in [3.63, 3.8) is 0 Å². The predicted octanol–water partition coefficient (Wildman–Crippen LogP) is 2.11. The molecule has 0 spiro atoms. The quantitative estimate of drug-likeness (QED) is 0.847. The molecule has 1 aromatic heterocycles. The number of hydrogen-bond acceptors (Lipinski definition) is 3. The van der Waals surface area contributed by atoms with Gasteiger partial charge in [0.25, 0.3) is 0 Å². The number of Topliss-reactive ketones (excluding diaryl/α,β-unsaturated/α-hetero) is 1. The molecule has 1 saturated heterocycles. The number of imidazole rings is 1. The van der Waals surface area contributed by atoms with Gasteiger partial charge in [-0.05, 0) is 25.0 Å². The minimum atomic E-state index is 0.0496. The Hall–Kier alpha value is -1.68. The van der Waals surface area contributed by atoms with Gasteiger partial charge in [0.15, 0.2) is 0 Å². The molecule has 4 nitrogen and oxygen atoms in total. The predicted molar refractivity (Wildman–Crippen MR) is 73.0 cm³/mol. The number of carbonyl (C=O) groups excluding carboxylic acids is 1. The highest BCUT2D eigenvalue weighted by molar-refractivity contribution is 5.84. The van der Waals surface area contributed by atoms with Gasteiger partial charge in [0.1, 0.15) is 11.6 Å². The maximum Gasteiger partial charge on any atom is 0.145 e. The van der Waals surface area contributed by atoms with Crippen LogP contribution in [0.1, 0.15) is 18.7 Å². The second kappa shape index (κ2) is 5.13. The van der Waals surface area contributed by atoms with E-state index in [1.807, 2.05) is 35.9 Å². The number of fused-ring (bicyclic) bond motifs is 1. The van der Waals surface area contributed by atoms with Gasteiger partial charge in [0.05, 0.1) is 24.1 Å². The van der Waals surface area contributed by atoms with E-state index in [2.05, 4.69) is 4.98 Å². The first-order chi connectivity index (χ1) is 9.25. The van der Waals surface area contributed by atoms with Gasteiger partial charge in [-0.15, -0.1) is 0 Å². The summed E-state index contributed by atoms with van der Waals surface area (Å²) in [7, 11) is 1.97. The third kappa shape index (κ3) is 2.40. The second-order valence-corrected chi connectivity index (χ2v) is 5.13. The number of ether oxygens (including phenoxy) is 1. The van der Waals surface area contributed by atoms with Gasteiger partial charge in [-0.25, -0.2) is 4.98 Å². The summed E-state index contributed by atoms with van der Waals surface area (Å²) < 4.78 is 7.39. The minimum absolute atomic E-state index is 0.0496. The lowest BCUT2D eigenvalue weighted by Gasteiger charge is -2.20. The standard InChI is InChI=1S/C15H18N2O2/c1-17-13-7-3-2-6-12(13)16-15(17)9-14(18)11-5-4-8-19-10-11/h2-3,6-7,11H,4-5,8-10H2,1H3. The van der Waals surface area contributed by atoms with Crippen LogP contribution in [0.4, 0.5) is 0 Å². The van der Waals surface area contributed by atoms with E-state index in [0.29, 0.717) is 13.0 Å². The van der Waals surface area contributed by atoms with Gasteiger partial charge < -0.3 is 9.30 Å². The highest BCUT2D eigenvalue weighted by Gasteiger charge is 2.23. The van der Waals surface area contributed by atoms with Crippen LogP contribution in [0.15, 0.2) is 24.3 Å². The minimum Gasteiger partial charge on any atom is -0.381 e. The molecule has 0 bridgehead atoms. The van der Waals surface area contributed by atoms with Crippen LogP contribution in [0, 0.1) is 5.92 Å². The van der Waals surface area contributed by atoms with E-state index in [-0.39, 0.29) is 11.7 Å². The summed E-state index contributed by atoms with van der Waals surface area (Å²) in [4.78, 5) is 16.8. The first-order valence-electron chi connectivity index (χ1n) is 6.76. The Labute approximate surface area is 112 Å². The zero-order chi connectivity index (χ0) is 13.2. The summed E-state index contributed by atoms with van der Waals surface area (Å²) in [6.07, 6.45) is 2.33. The second-order valence-electron chi connectivity index (χ2n) is 5.13. The molecule has 1 atom stereocenters. The number of ketones is 1.